The number of likely N-dealkylation sites (tertiary alicyclic amines) is 1. The smallest absolute Gasteiger partial charge is 0.328 e. The first-order valence-electron chi connectivity index (χ1n) is 8.45. The number of benzene rings is 1. The predicted molar refractivity (Wildman–Crippen MR) is 94.0 cm³/mol. The summed E-state index contributed by atoms with van der Waals surface area (Å²) < 4.78 is 4.78. The van der Waals surface area contributed by atoms with Gasteiger partial charge in [-0.15, -0.1) is 0 Å². The van der Waals surface area contributed by atoms with Crippen LogP contribution >= 0.6 is 0 Å². The highest BCUT2D eigenvalue weighted by Gasteiger charge is 2.39. The molecule has 1 unspecified atom stereocenters. The van der Waals surface area contributed by atoms with E-state index in [0.29, 0.717) is 18.7 Å². The van der Waals surface area contributed by atoms with E-state index >= 15 is 0 Å². The molecule has 1 heterocycles. The molecule has 1 fully saturated rings. The minimum atomic E-state index is -0.714. The Bertz CT molecular complexity index is 618. The van der Waals surface area contributed by atoms with Crippen molar-refractivity contribution in [3.63, 3.8) is 0 Å². The summed E-state index contributed by atoms with van der Waals surface area (Å²) in [5.41, 5.74) is 0.642. The first-order chi connectivity index (χ1) is 11.9. The van der Waals surface area contributed by atoms with E-state index in [1.807, 2.05) is 32.0 Å². The summed E-state index contributed by atoms with van der Waals surface area (Å²) in [6.45, 7) is 4.20. The lowest BCUT2D eigenvalue weighted by molar-refractivity contribution is -0.151. The number of hydrogen-bond acceptors (Lipinski definition) is 4. The number of nitrogens with zero attached hydrogens (tertiary/aromatic N) is 1. The number of rotatable bonds is 5. The van der Waals surface area contributed by atoms with Crippen molar-refractivity contribution in [3.8, 4) is 0 Å². The first-order valence-corrected chi connectivity index (χ1v) is 8.45. The molecular weight excluding hydrogens is 322 g/mol. The lowest BCUT2D eigenvalue weighted by Gasteiger charge is -2.29. The number of esters is 1. The number of nitrogens with one attached hydrogen (secondary N) is 2. The van der Waals surface area contributed by atoms with Crippen LogP contribution in [0.2, 0.25) is 0 Å². The zero-order valence-corrected chi connectivity index (χ0v) is 14.8. The van der Waals surface area contributed by atoms with Gasteiger partial charge in [0.25, 0.3) is 0 Å². The molecule has 1 aliphatic rings. The van der Waals surface area contributed by atoms with Gasteiger partial charge in [-0.3, -0.25) is 4.79 Å². The van der Waals surface area contributed by atoms with Crippen molar-refractivity contribution in [1.82, 2.24) is 10.2 Å². The molecule has 1 saturated heterocycles. The molecule has 7 heteroatoms. The first kappa shape index (κ1) is 18.8. The van der Waals surface area contributed by atoms with Gasteiger partial charge in [-0.2, -0.15) is 0 Å². The summed E-state index contributed by atoms with van der Waals surface area (Å²) in [4.78, 5) is 38.5. The van der Waals surface area contributed by atoms with E-state index in [4.69, 9.17) is 4.74 Å². The fourth-order valence-electron chi connectivity index (χ4n) is 2.93. The van der Waals surface area contributed by atoms with Gasteiger partial charge in [0.05, 0.1) is 7.11 Å². The maximum absolute atomic E-state index is 12.9. The van der Waals surface area contributed by atoms with Gasteiger partial charge in [0.15, 0.2) is 0 Å². The number of hydrogen-bond donors (Lipinski definition) is 2. The van der Waals surface area contributed by atoms with Gasteiger partial charge >= 0.3 is 12.0 Å². The van der Waals surface area contributed by atoms with Crippen molar-refractivity contribution in [1.29, 1.82) is 0 Å². The van der Waals surface area contributed by atoms with Gasteiger partial charge in [0, 0.05) is 12.2 Å². The van der Waals surface area contributed by atoms with Crippen molar-refractivity contribution in [2.75, 3.05) is 19.0 Å². The van der Waals surface area contributed by atoms with Crippen LogP contribution in [0.1, 0.15) is 26.7 Å². The fourth-order valence-corrected chi connectivity index (χ4v) is 2.93. The molecule has 0 aromatic heterocycles. The number of amides is 3. The molecule has 7 nitrogen and oxygen atoms in total. The molecule has 0 radical (unpaired) electrons. The van der Waals surface area contributed by atoms with Crippen LogP contribution in [0.5, 0.6) is 0 Å². The zero-order valence-electron chi connectivity index (χ0n) is 14.8. The largest absolute Gasteiger partial charge is 0.467 e. The number of methoxy groups -OCH3 is 1. The lowest BCUT2D eigenvalue weighted by Crippen LogP contribution is -2.54. The number of carbonyl (C=O) groups is 3. The summed E-state index contributed by atoms with van der Waals surface area (Å²) in [6, 6.07) is 7.26. The van der Waals surface area contributed by atoms with Crippen molar-refractivity contribution < 1.29 is 19.1 Å². The Hall–Kier alpha value is -2.57. The van der Waals surface area contributed by atoms with E-state index in [0.717, 1.165) is 6.42 Å². The minimum absolute atomic E-state index is 0.118. The van der Waals surface area contributed by atoms with E-state index < -0.39 is 24.1 Å². The summed E-state index contributed by atoms with van der Waals surface area (Å²) in [6.07, 6.45) is 1.33. The Morgan fingerprint density at radius 3 is 2.48 bits per heavy atom. The van der Waals surface area contributed by atoms with Crippen molar-refractivity contribution in [3.05, 3.63) is 30.3 Å². The molecule has 0 aliphatic carbocycles. The molecule has 1 aromatic carbocycles. The van der Waals surface area contributed by atoms with Crippen LogP contribution in [0.4, 0.5) is 10.5 Å². The SMILES string of the molecule is COC(=O)[C@@H]1CCCN1C(=O)C(NC(=O)Nc1ccccc1)C(C)C. The molecular formula is C18H25N3O4. The zero-order chi connectivity index (χ0) is 18.4. The molecule has 1 aromatic rings. The average molecular weight is 347 g/mol. The Labute approximate surface area is 147 Å². The maximum Gasteiger partial charge on any atom is 0.328 e. The van der Waals surface area contributed by atoms with E-state index in [-0.39, 0.29) is 11.8 Å². The quantitative estimate of drug-likeness (QED) is 0.798. The Morgan fingerprint density at radius 2 is 1.88 bits per heavy atom. The number of ether oxygens (including phenoxy) is 1. The lowest BCUT2D eigenvalue weighted by atomic mass is 10.0. The molecule has 2 rings (SSSR count). The third-order valence-corrected chi connectivity index (χ3v) is 4.26. The molecule has 1 aliphatic heterocycles. The van der Waals surface area contributed by atoms with E-state index in [1.165, 1.54) is 12.0 Å². The highest BCUT2D eigenvalue weighted by Crippen LogP contribution is 2.21. The van der Waals surface area contributed by atoms with E-state index in [1.54, 1.807) is 12.1 Å². The second-order valence-electron chi connectivity index (χ2n) is 6.40. The van der Waals surface area contributed by atoms with Crippen LogP contribution in [0.3, 0.4) is 0 Å². The van der Waals surface area contributed by atoms with Crippen LogP contribution in [-0.2, 0) is 14.3 Å². The van der Waals surface area contributed by atoms with Crippen LogP contribution in [0.15, 0.2) is 30.3 Å². The van der Waals surface area contributed by atoms with Gasteiger partial charge in [0.2, 0.25) is 5.91 Å². The second-order valence-corrected chi connectivity index (χ2v) is 6.40. The molecule has 2 N–H and O–H groups in total. The van der Waals surface area contributed by atoms with Gasteiger partial charge < -0.3 is 20.3 Å². The Kier molecular flexibility index (Phi) is 6.38. The molecule has 25 heavy (non-hydrogen) atoms. The third kappa shape index (κ3) is 4.71. The van der Waals surface area contributed by atoms with Crippen LogP contribution in [-0.4, -0.2) is 48.5 Å². The van der Waals surface area contributed by atoms with Gasteiger partial charge in [-0.25, -0.2) is 9.59 Å². The number of urea groups is 1. The third-order valence-electron chi connectivity index (χ3n) is 4.26. The van der Waals surface area contributed by atoms with Crippen LogP contribution < -0.4 is 10.6 Å². The van der Waals surface area contributed by atoms with Gasteiger partial charge in [-0.1, -0.05) is 32.0 Å². The van der Waals surface area contributed by atoms with Gasteiger partial charge in [0.1, 0.15) is 12.1 Å². The highest BCUT2D eigenvalue weighted by atomic mass is 16.5. The number of para-hydroxylation sites is 1. The van der Waals surface area contributed by atoms with Crippen molar-refractivity contribution in [2.24, 2.45) is 5.92 Å². The fraction of sp³-hybridized carbons (Fsp3) is 0.500. The van der Waals surface area contributed by atoms with Crippen molar-refractivity contribution in [2.45, 2.75) is 38.8 Å². The molecule has 0 saturated carbocycles. The summed E-state index contributed by atoms with van der Waals surface area (Å²) >= 11 is 0. The molecule has 2 atom stereocenters. The highest BCUT2D eigenvalue weighted by molar-refractivity contribution is 5.95. The topological polar surface area (TPSA) is 87.7 Å². The van der Waals surface area contributed by atoms with Crippen LogP contribution in [0.25, 0.3) is 0 Å². The van der Waals surface area contributed by atoms with E-state index in [9.17, 15) is 14.4 Å². The molecule has 136 valence electrons. The average Bonchev–Trinajstić information content (AvgIpc) is 3.08. The standard InChI is InChI=1S/C18H25N3O4/c1-12(2)15(20-18(24)19-13-8-5-4-6-9-13)16(22)21-11-7-10-14(21)17(23)25-3/h4-6,8-9,12,14-15H,7,10-11H2,1-3H3,(H2,19,20,24)/t14-,15?/m0/s1. The summed E-state index contributed by atoms with van der Waals surface area (Å²) in [5.74, 6) is -0.791. The maximum atomic E-state index is 12.9. The second kappa shape index (κ2) is 8.50. The van der Waals surface area contributed by atoms with Crippen molar-refractivity contribution >= 4 is 23.6 Å². The van der Waals surface area contributed by atoms with E-state index in [2.05, 4.69) is 10.6 Å². The monoisotopic (exact) mass is 347 g/mol. The normalized spacial score (nSPS) is 17.9. The number of anilines is 1. The minimum Gasteiger partial charge on any atom is -0.467 e. The van der Waals surface area contributed by atoms with Gasteiger partial charge in [-0.05, 0) is 30.9 Å². The van der Waals surface area contributed by atoms with Crippen LogP contribution in [0, 0.1) is 5.92 Å². The predicted octanol–water partition coefficient (Wildman–Crippen LogP) is 2.00. The molecule has 0 bridgehead atoms. The number of carbonyl (C=O) groups excluding carboxylic acids is 3. The molecule has 3 amide bonds. The summed E-state index contributed by atoms with van der Waals surface area (Å²) in [7, 11) is 1.31. The Morgan fingerprint density at radius 1 is 1.20 bits per heavy atom. The molecule has 0 spiro atoms. The summed E-state index contributed by atoms with van der Waals surface area (Å²) in [5, 5.41) is 5.43. The Balaban J connectivity index is 2.05.